The molecule has 0 aliphatic heterocycles. The van der Waals surface area contributed by atoms with E-state index >= 15 is 0 Å². The third-order valence-electron chi connectivity index (χ3n) is 4.70. The van der Waals surface area contributed by atoms with Crippen LogP contribution in [0.3, 0.4) is 0 Å². The van der Waals surface area contributed by atoms with Crippen molar-refractivity contribution in [3.05, 3.63) is 87.5 Å². The van der Waals surface area contributed by atoms with E-state index in [1.54, 1.807) is 4.68 Å². The van der Waals surface area contributed by atoms with Crippen LogP contribution in [0, 0.1) is 20.8 Å². The molecular formula is C24H24N4O2S. The summed E-state index contributed by atoms with van der Waals surface area (Å²) in [6.07, 6.45) is 0.194. The van der Waals surface area contributed by atoms with Crippen molar-refractivity contribution in [1.82, 2.24) is 14.8 Å². The van der Waals surface area contributed by atoms with Crippen LogP contribution in [-0.2, 0) is 17.8 Å². The van der Waals surface area contributed by atoms with Crippen molar-refractivity contribution in [2.24, 2.45) is 0 Å². The summed E-state index contributed by atoms with van der Waals surface area (Å²) >= 11 is 1.49. The quantitative estimate of drug-likeness (QED) is 0.445. The van der Waals surface area contributed by atoms with Crippen LogP contribution in [-0.4, -0.2) is 20.7 Å². The predicted octanol–water partition coefficient (Wildman–Crippen LogP) is 5.01. The highest BCUT2D eigenvalue weighted by Gasteiger charge is 2.13. The van der Waals surface area contributed by atoms with Gasteiger partial charge in [0.1, 0.15) is 23.2 Å². The standard InChI is InChI=1S/C24H24N4O2S/c1-16-4-8-20(9-5-16)28-22(12-18(3)27-28)26-23(29)13-19-15-31-24(25-19)14-30-21-10-6-17(2)7-11-21/h4-12,15H,13-14H2,1-3H3,(H,26,29). The molecule has 0 fully saturated rings. The maximum absolute atomic E-state index is 12.6. The lowest BCUT2D eigenvalue weighted by Gasteiger charge is -2.09. The Morgan fingerprint density at radius 3 is 2.42 bits per heavy atom. The minimum Gasteiger partial charge on any atom is -0.486 e. The number of thiazole rings is 1. The fraction of sp³-hybridized carbons (Fsp3) is 0.208. The highest BCUT2D eigenvalue weighted by molar-refractivity contribution is 7.09. The number of hydrogen-bond donors (Lipinski definition) is 1. The fourth-order valence-corrected chi connectivity index (χ4v) is 3.80. The number of aromatic nitrogens is 3. The van der Waals surface area contributed by atoms with Gasteiger partial charge in [0.05, 0.1) is 23.5 Å². The average molecular weight is 433 g/mol. The van der Waals surface area contributed by atoms with E-state index in [0.717, 1.165) is 27.8 Å². The Balaban J connectivity index is 1.37. The molecule has 7 heteroatoms. The zero-order chi connectivity index (χ0) is 21.8. The van der Waals surface area contributed by atoms with Gasteiger partial charge in [0, 0.05) is 11.4 Å². The lowest BCUT2D eigenvalue weighted by Crippen LogP contribution is -2.17. The van der Waals surface area contributed by atoms with Crippen molar-refractivity contribution in [3.63, 3.8) is 0 Å². The van der Waals surface area contributed by atoms with E-state index in [9.17, 15) is 4.79 Å². The van der Waals surface area contributed by atoms with E-state index in [1.165, 1.54) is 22.5 Å². The third kappa shape index (κ3) is 5.38. The molecule has 158 valence electrons. The van der Waals surface area contributed by atoms with Gasteiger partial charge < -0.3 is 10.1 Å². The number of amides is 1. The molecule has 4 aromatic rings. The number of carbonyl (C=O) groups is 1. The number of aryl methyl sites for hydroxylation is 3. The lowest BCUT2D eigenvalue weighted by atomic mass is 10.2. The number of hydrogen-bond acceptors (Lipinski definition) is 5. The van der Waals surface area contributed by atoms with Gasteiger partial charge in [0.2, 0.25) is 5.91 Å². The molecule has 2 aromatic carbocycles. The van der Waals surface area contributed by atoms with E-state index in [-0.39, 0.29) is 12.3 Å². The Bertz CT molecular complexity index is 1180. The Labute approximate surface area is 185 Å². The number of ether oxygens (including phenoxy) is 1. The molecule has 0 aliphatic carbocycles. The van der Waals surface area contributed by atoms with Crippen LogP contribution in [0.25, 0.3) is 5.69 Å². The Hall–Kier alpha value is -3.45. The van der Waals surface area contributed by atoms with Crippen molar-refractivity contribution in [1.29, 1.82) is 0 Å². The molecule has 6 nitrogen and oxygen atoms in total. The molecule has 1 N–H and O–H groups in total. The van der Waals surface area contributed by atoms with Crippen LogP contribution in [0.5, 0.6) is 5.75 Å². The van der Waals surface area contributed by atoms with Gasteiger partial charge in [0.15, 0.2) is 0 Å². The average Bonchev–Trinajstić information content (AvgIpc) is 3.34. The van der Waals surface area contributed by atoms with Gasteiger partial charge in [-0.15, -0.1) is 11.3 Å². The summed E-state index contributed by atoms with van der Waals surface area (Å²) in [6.45, 7) is 6.36. The van der Waals surface area contributed by atoms with E-state index < -0.39 is 0 Å². The van der Waals surface area contributed by atoms with Crippen LogP contribution in [0.1, 0.15) is 27.5 Å². The summed E-state index contributed by atoms with van der Waals surface area (Å²) < 4.78 is 7.52. The zero-order valence-electron chi connectivity index (χ0n) is 17.8. The molecule has 0 unspecified atom stereocenters. The normalized spacial score (nSPS) is 10.8. The van der Waals surface area contributed by atoms with Gasteiger partial charge in [-0.2, -0.15) is 5.10 Å². The predicted molar refractivity (Wildman–Crippen MR) is 123 cm³/mol. The van der Waals surface area contributed by atoms with E-state index in [0.29, 0.717) is 12.4 Å². The molecular weight excluding hydrogens is 408 g/mol. The minimum absolute atomic E-state index is 0.135. The minimum atomic E-state index is -0.135. The lowest BCUT2D eigenvalue weighted by molar-refractivity contribution is -0.115. The maximum atomic E-state index is 12.6. The molecule has 0 radical (unpaired) electrons. The molecule has 0 atom stereocenters. The number of carbonyl (C=O) groups excluding carboxylic acids is 1. The maximum Gasteiger partial charge on any atom is 0.231 e. The largest absolute Gasteiger partial charge is 0.486 e. The first-order valence-corrected chi connectivity index (χ1v) is 10.9. The van der Waals surface area contributed by atoms with Crippen LogP contribution in [0.4, 0.5) is 5.82 Å². The molecule has 0 saturated heterocycles. The number of benzene rings is 2. The van der Waals surface area contributed by atoms with Gasteiger partial charge >= 0.3 is 0 Å². The van der Waals surface area contributed by atoms with Gasteiger partial charge in [-0.25, -0.2) is 9.67 Å². The highest BCUT2D eigenvalue weighted by Crippen LogP contribution is 2.19. The van der Waals surface area contributed by atoms with Crippen molar-refractivity contribution < 1.29 is 9.53 Å². The smallest absolute Gasteiger partial charge is 0.231 e. The molecule has 0 aliphatic rings. The highest BCUT2D eigenvalue weighted by atomic mass is 32.1. The summed E-state index contributed by atoms with van der Waals surface area (Å²) in [5, 5.41) is 10.2. The zero-order valence-corrected chi connectivity index (χ0v) is 18.6. The summed E-state index contributed by atoms with van der Waals surface area (Å²) in [4.78, 5) is 17.2. The first-order valence-electron chi connectivity index (χ1n) is 10.0. The molecule has 0 bridgehead atoms. The van der Waals surface area contributed by atoms with E-state index in [4.69, 9.17) is 4.74 Å². The van der Waals surface area contributed by atoms with Crippen LogP contribution in [0.15, 0.2) is 60.0 Å². The Morgan fingerprint density at radius 2 is 1.71 bits per heavy atom. The SMILES string of the molecule is Cc1ccc(OCc2nc(CC(=O)Nc3cc(C)nn3-c3ccc(C)cc3)cs2)cc1. The summed E-state index contributed by atoms with van der Waals surface area (Å²) in [5.41, 5.74) is 4.82. The molecule has 31 heavy (non-hydrogen) atoms. The number of rotatable bonds is 7. The second-order valence-corrected chi connectivity index (χ2v) is 8.42. The fourth-order valence-electron chi connectivity index (χ4n) is 3.10. The summed E-state index contributed by atoms with van der Waals surface area (Å²) in [6, 6.07) is 17.8. The van der Waals surface area contributed by atoms with Gasteiger partial charge in [0.25, 0.3) is 0 Å². The van der Waals surface area contributed by atoms with Crippen LogP contribution < -0.4 is 10.1 Å². The van der Waals surface area contributed by atoms with Crippen LogP contribution >= 0.6 is 11.3 Å². The van der Waals surface area contributed by atoms with Crippen molar-refractivity contribution >= 4 is 23.1 Å². The molecule has 1 amide bonds. The van der Waals surface area contributed by atoms with Crippen molar-refractivity contribution in [2.45, 2.75) is 33.8 Å². The van der Waals surface area contributed by atoms with Gasteiger partial charge in [-0.05, 0) is 45.0 Å². The van der Waals surface area contributed by atoms with Gasteiger partial charge in [-0.3, -0.25) is 4.79 Å². The number of anilines is 1. The van der Waals surface area contributed by atoms with E-state index in [1.807, 2.05) is 80.7 Å². The molecule has 4 rings (SSSR count). The molecule has 0 saturated carbocycles. The monoisotopic (exact) mass is 432 g/mol. The first-order chi connectivity index (χ1) is 15.0. The summed E-state index contributed by atoms with van der Waals surface area (Å²) in [7, 11) is 0. The first kappa shape index (κ1) is 20.8. The Kier molecular flexibility index (Phi) is 6.13. The molecule has 2 heterocycles. The molecule has 2 aromatic heterocycles. The van der Waals surface area contributed by atoms with Crippen LogP contribution in [0.2, 0.25) is 0 Å². The van der Waals surface area contributed by atoms with E-state index in [2.05, 4.69) is 15.4 Å². The van der Waals surface area contributed by atoms with Gasteiger partial charge in [-0.1, -0.05) is 35.4 Å². The summed E-state index contributed by atoms with van der Waals surface area (Å²) in [5.74, 6) is 1.31. The van der Waals surface area contributed by atoms with Crippen molar-refractivity contribution in [3.8, 4) is 11.4 Å². The number of nitrogens with one attached hydrogen (secondary N) is 1. The molecule has 0 spiro atoms. The third-order valence-corrected chi connectivity index (χ3v) is 5.57. The Morgan fingerprint density at radius 1 is 1.03 bits per heavy atom. The second-order valence-electron chi connectivity index (χ2n) is 7.48. The second kappa shape index (κ2) is 9.14. The van der Waals surface area contributed by atoms with Crippen molar-refractivity contribution in [2.75, 3.05) is 5.32 Å². The topological polar surface area (TPSA) is 69.0 Å². The number of nitrogens with zero attached hydrogens (tertiary/aromatic N) is 3.